The van der Waals surface area contributed by atoms with Crippen molar-refractivity contribution in [1.82, 2.24) is 0 Å². The van der Waals surface area contributed by atoms with Crippen LogP contribution in [0.4, 0.5) is 0 Å². The molecule has 18 heavy (non-hydrogen) atoms. The van der Waals surface area contributed by atoms with Crippen molar-refractivity contribution in [2.24, 2.45) is 0 Å². The van der Waals surface area contributed by atoms with Crippen LogP contribution in [0.2, 0.25) is 17.6 Å². The monoisotopic (exact) mass is 272 g/mol. The second-order valence-corrected chi connectivity index (χ2v) is 9.70. The summed E-state index contributed by atoms with van der Waals surface area (Å²) in [5.41, 5.74) is 0.553. The quantitative estimate of drug-likeness (QED) is 0.570. The predicted molar refractivity (Wildman–Crippen MR) is 73.9 cm³/mol. The lowest BCUT2D eigenvalue weighted by Gasteiger charge is -2.32. The fraction of sp³-hybridized carbons (Fsp3) is 0.692. The summed E-state index contributed by atoms with van der Waals surface area (Å²) in [6, 6.07) is 1.79. The number of carbonyl (C=O) groups excluding carboxylic acids is 1. The van der Waals surface area contributed by atoms with Crippen molar-refractivity contribution in [2.45, 2.75) is 58.7 Å². The number of carboxylic acids is 1. The maximum atomic E-state index is 11.8. The average Bonchev–Trinajstić information content (AvgIpc) is 2.32. The zero-order chi connectivity index (χ0) is 14.3. The Bertz CT molecular complexity index is 330. The Kier molecular flexibility index (Phi) is 6.91. The van der Waals surface area contributed by atoms with Gasteiger partial charge in [0.15, 0.2) is 0 Å². The Morgan fingerprint density at radius 2 is 1.78 bits per heavy atom. The van der Waals surface area contributed by atoms with E-state index in [1.54, 1.807) is 0 Å². The van der Waals surface area contributed by atoms with Crippen LogP contribution in [0.1, 0.15) is 41.0 Å². The number of rotatable bonds is 7. The summed E-state index contributed by atoms with van der Waals surface area (Å²) in [4.78, 5) is 22.4. The molecule has 5 heteroatoms. The molecule has 0 aromatic carbocycles. The molecule has 0 atom stereocenters. The van der Waals surface area contributed by atoms with Crippen LogP contribution >= 0.6 is 0 Å². The molecule has 0 saturated heterocycles. The van der Waals surface area contributed by atoms with Gasteiger partial charge in [-0.25, -0.2) is 4.79 Å². The van der Waals surface area contributed by atoms with Crippen molar-refractivity contribution >= 4 is 20.3 Å². The Morgan fingerprint density at radius 3 is 2.11 bits per heavy atom. The average molecular weight is 272 g/mol. The van der Waals surface area contributed by atoms with E-state index in [1.807, 2.05) is 0 Å². The predicted octanol–water partition coefficient (Wildman–Crippen LogP) is 3.35. The van der Waals surface area contributed by atoms with Gasteiger partial charge in [-0.3, -0.25) is 4.79 Å². The number of carboxylic acid groups (broad SMARTS) is 1. The van der Waals surface area contributed by atoms with Crippen LogP contribution < -0.4 is 0 Å². The molecule has 0 rings (SSSR count). The number of hydrogen-bond donors (Lipinski definition) is 1. The molecule has 0 spiro atoms. The minimum Gasteiger partial charge on any atom is -0.519 e. The number of hydrogen-bond acceptors (Lipinski definition) is 3. The highest BCUT2D eigenvalue weighted by Crippen LogP contribution is 2.30. The molecule has 0 bridgehead atoms. The van der Waals surface area contributed by atoms with Crippen LogP contribution in [-0.2, 0) is 14.0 Å². The van der Waals surface area contributed by atoms with Crippen molar-refractivity contribution in [3.63, 3.8) is 0 Å². The van der Waals surface area contributed by atoms with E-state index >= 15 is 0 Å². The number of carbonyl (C=O) groups is 2. The first-order valence-electron chi connectivity index (χ1n) is 6.41. The second kappa shape index (κ2) is 7.36. The third-order valence-electron chi connectivity index (χ3n) is 3.48. The van der Waals surface area contributed by atoms with Crippen LogP contribution in [0.5, 0.6) is 0 Å². The Morgan fingerprint density at radius 1 is 1.28 bits per heavy atom. The van der Waals surface area contributed by atoms with Gasteiger partial charge in [0, 0.05) is 5.57 Å². The first kappa shape index (κ1) is 16.9. The van der Waals surface area contributed by atoms with Crippen LogP contribution in [0.3, 0.4) is 0 Å². The fourth-order valence-corrected chi connectivity index (χ4v) is 5.11. The lowest BCUT2D eigenvalue weighted by atomic mass is 10.2. The van der Waals surface area contributed by atoms with Gasteiger partial charge in [-0.2, -0.15) is 0 Å². The van der Waals surface area contributed by atoms with E-state index < -0.39 is 14.3 Å². The molecule has 0 unspecified atom stereocenters. The summed E-state index contributed by atoms with van der Waals surface area (Å²) < 4.78 is 5.69. The van der Waals surface area contributed by atoms with Crippen LogP contribution in [0.15, 0.2) is 11.6 Å². The maximum Gasteiger partial charge on any atom is 0.330 e. The highest BCUT2D eigenvalue weighted by molar-refractivity contribution is 6.76. The Hall–Kier alpha value is -1.10. The lowest BCUT2D eigenvalue weighted by molar-refractivity contribution is -0.134. The smallest absolute Gasteiger partial charge is 0.330 e. The fourth-order valence-electron chi connectivity index (χ4n) is 1.92. The molecule has 0 aliphatic carbocycles. The van der Waals surface area contributed by atoms with E-state index in [-0.39, 0.29) is 18.0 Å². The van der Waals surface area contributed by atoms with Gasteiger partial charge in [0.1, 0.15) is 0 Å². The molecular weight excluding hydrogens is 248 g/mol. The van der Waals surface area contributed by atoms with E-state index in [0.29, 0.717) is 5.54 Å². The molecule has 0 aromatic heterocycles. The second-order valence-electron chi connectivity index (χ2n) is 4.80. The van der Waals surface area contributed by atoms with Gasteiger partial charge in [0.25, 0.3) is 14.3 Å². The zero-order valence-electron chi connectivity index (χ0n) is 11.9. The summed E-state index contributed by atoms with van der Waals surface area (Å²) in [5, 5.41) is 8.70. The SMILES string of the molecule is CC[Si](CC)(OC(=O)CC=C(C)C(=O)O)C(C)C. The molecule has 104 valence electrons. The summed E-state index contributed by atoms with van der Waals surface area (Å²) in [5.74, 6) is -1.30. The molecule has 0 aromatic rings. The largest absolute Gasteiger partial charge is 0.519 e. The van der Waals surface area contributed by atoms with Gasteiger partial charge < -0.3 is 9.53 Å². The van der Waals surface area contributed by atoms with E-state index in [9.17, 15) is 9.59 Å². The van der Waals surface area contributed by atoms with Gasteiger partial charge in [0.2, 0.25) is 0 Å². The topological polar surface area (TPSA) is 63.6 Å². The summed E-state index contributed by atoms with van der Waals surface area (Å²) in [7, 11) is -2.01. The first-order chi connectivity index (χ1) is 8.29. The molecule has 0 radical (unpaired) electrons. The molecule has 0 amide bonds. The van der Waals surface area contributed by atoms with E-state index in [4.69, 9.17) is 9.53 Å². The van der Waals surface area contributed by atoms with Gasteiger partial charge >= 0.3 is 5.97 Å². The minimum atomic E-state index is -2.01. The summed E-state index contributed by atoms with van der Waals surface area (Å²) in [6.07, 6.45) is 1.45. The van der Waals surface area contributed by atoms with Gasteiger partial charge in [-0.05, 0) is 24.6 Å². The molecule has 0 fully saturated rings. The third-order valence-corrected chi connectivity index (χ3v) is 8.61. The lowest BCUT2D eigenvalue weighted by Crippen LogP contribution is -2.42. The van der Waals surface area contributed by atoms with Crippen molar-refractivity contribution in [3.8, 4) is 0 Å². The Balaban J connectivity index is 4.64. The highest BCUT2D eigenvalue weighted by atomic mass is 28.4. The summed E-state index contributed by atoms with van der Waals surface area (Å²) >= 11 is 0. The van der Waals surface area contributed by atoms with Crippen LogP contribution in [-0.4, -0.2) is 25.4 Å². The number of aliphatic carboxylic acids is 1. The van der Waals surface area contributed by atoms with Gasteiger partial charge in [-0.15, -0.1) is 0 Å². The zero-order valence-corrected chi connectivity index (χ0v) is 12.9. The van der Waals surface area contributed by atoms with Crippen LogP contribution in [0.25, 0.3) is 0 Å². The van der Waals surface area contributed by atoms with Crippen molar-refractivity contribution in [1.29, 1.82) is 0 Å². The highest BCUT2D eigenvalue weighted by Gasteiger charge is 2.38. The molecular formula is C13H24O4Si. The van der Waals surface area contributed by atoms with Crippen LogP contribution in [0, 0.1) is 0 Å². The minimum absolute atomic E-state index is 0.0413. The van der Waals surface area contributed by atoms with Crippen molar-refractivity contribution in [2.75, 3.05) is 0 Å². The normalized spacial score (nSPS) is 12.7. The molecule has 0 aliphatic rings. The molecule has 0 aliphatic heterocycles. The van der Waals surface area contributed by atoms with E-state index in [1.165, 1.54) is 13.0 Å². The van der Waals surface area contributed by atoms with Gasteiger partial charge in [-0.1, -0.05) is 33.8 Å². The van der Waals surface area contributed by atoms with Crippen molar-refractivity contribution < 1.29 is 19.1 Å². The molecule has 0 saturated carbocycles. The molecule has 1 N–H and O–H groups in total. The first-order valence-corrected chi connectivity index (χ1v) is 8.81. The molecule has 0 heterocycles. The third kappa shape index (κ3) is 4.64. The molecule has 4 nitrogen and oxygen atoms in total. The Labute approximate surface area is 110 Å². The summed E-state index contributed by atoms with van der Waals surface area (Å²) in [6.45, 7) is 9.76. The maximum absolute atomic E-state index is 11.8. The standard InChI is InChI=1S/C13H24O4Si/c1-6-18(7-2,10(3)4)17-12(14)9-8-11(5)13(15)16/h8,10H,6-7,9H2,1-5H3,(H,15,16). The van der Waals surface area contributed by atoms with Crippen molar-refractivity contribution in [3.05, 3.63) is 11.6 Å². The van der Waals surface area contributed by atoms with E-state index in [2.05, 4.69) is 27.7 Å². The van der Waals surface area contributed by atoms with E-state index in [0.717, 1.165) is 12.1 Å². The van der Waals surface area contributed by atoms with Gasteiger partial charge in [0.05, 0.1) is 6.42 Å².